The van der Waals surface area contributed by atoms with Crippen molar-refractivity contribution in [2.45, 2.75) is 44.9 Å². The van der Waals surface area contributed by atoms with Crippen LogP contribution in [0.4, 0.5) is 4.79 Å². The summed E-state index contributed by atoms with van der Waals surface area (Å²) >= 11 is 6.25. The van der Waals surface area contributed by atoms with Crippen molar-refractivity contribution in [3.8, 4) is 0 Å². The van der Waals surface area contributed by atoms with Crippen molar-refractivity contribution in [1.29, 1.82) is 0 Å². The fraction of sp³-hybridized carbons (Fsp3) is 0.500. The van der Waals surface area contributed by atoms with Crippen LogP contribution in [-0.2, 0) is 9.47 Å². The molecule has 0 bridgehead atoms. The van der Waals surface area contributed by atoms with Gasteiger partial charge in [-0.1, -0.05) is 11.6 Å². The molecule has 3 rings (SSSR count). The zero-order valence-electron chi connectivity index (χ0n) is 15.4. The van der Waals surface area contributed by atoms with Crippen LogP contribution < -0.4 is 5.32 Å². The highest BCUT2D eigenvalue weighted by molar-refractivity contribution is 6.35. The van der Waals surface area contributed by atoms with Crippen molar-refractivity contribution in [3.63, 3.8) is 0 Å². The van der Waals surface area contributed by atoms with E-state index >= 15 is 0 Å². The summed E-state index contributed by atoms with van der Waals surface area (Å²) < 4.78 is 11.8. The molecule has 2 aromatic heterocycles. The number of aliphatic hydroxyl groups is 1. The average Bonchev–Trinajstić information content (AvgIpc) is 2.97. The maximum Gasteiger partial charge on any atom is 0.419 e. The number of fused-ring (bicyclic) bond motifs is 1. The Bertz CT molecular complexity index is 874. The Labute approximate surface area is 161 Å². The lowest BCUT2D eigenvalue weighted by Crippen LogP contribution is -2.48. The van der Waals surface area contributed by atoms with Gasteiger partial charge in [-0.25, -0.2) is 9.36 Å². The predicted molar refractivity (Wildman–Crippen MR) is 99.1 cm³/mol. The summed E-state index contributed by atoms with van der Waals surface area (Å²) in [4.78, 5) is 29.6. The molecule has 1 saturated heterocycles. The molecule has 27 heavy (non-hydrogen) atoms. The van der Waals surface area contributed by atoms with Crippen molar-refractivity contribution >= 4 is 34.6 Å². The lowest BCUT2D eigenvalue weighted by Gasteiger charge is -2.28. The first-order valence-electron chi connectivity index (χ1n) is 8.63. The van der Waals surface area contributed by atoms with Gasteiger partial charge in [-0.3, -0.25) is 9.78 Å². The number of hydrogen-bond acceptors (Lipinski definition) is 6. The van der Waals surface area contributed by atoms with Crippen LogP contribution in [0.5, 0.6) is 0 Å². The lowest BCUT2D eigenvalue weighted by atomic mass is 10.1. The number of amides is 1. The van der Waals surface area contributed by atoms with Crippen LogP contribution in [0.2, 0.25) is 5.02 Å². The number of aromatic nitrogens is 2. The van der Waals surface area contributed by atoms with Gasteiger partial charge >= 0.3 is 6.09 Å². The van der Waals surface area contributed by atoms with Crippen LogP contribution in [0.15, 0.2) is 18.5 Å². The molecule has 2 aromatic rings. The molecule has 2 atom stereocenters. The molecule has 1 aliphatic heterocycles. The third-order valence-electron chi connectivity index (χ3n) is 4.11. The fourth-order valence-corrected chi connectivity index (χ4v) is 3.11. The largest absolute Gasteiger partial charge is 0.443 e. The summed E-state index contributed by atoms with van der Waals surface area (Å²) in [7, 11) is 0. The highest BCUT2D eigenvalue weighted by Gasteiger charge is 2.29. The Morgan fingerprint density at radius 2 is 2.19 bits per heavy atom. The van der Waals surface area contributed by atoms with Crippen LogP contribution in [0.3, 0.4) is 0 Å². The van der Waals surface area contributed by atoms with E-state index in [0.29, 0.717) is 18.5 Å². The van der Waals surface area contributed by atoms with Crippen molar-refractivity contribution < 1.29 is 24.2 Å². The number of rotatable bonds is 2. The summed E-state index contributed by atoms with van der Waals surface area (Å²) in [5.74, 6) is -0.456. The van der Waals surface area contributed by atoms with Gasteiger partial charge in [0.15, 0.2) is 0 Å². The average molecular weight is 396 g/mol. The van der Waals surface area contributed by atoms with Crippen molar-refractivity contribution in [1.82, 2.24) is 14.9 Å². The molecule has 1 fully saturated rings. The molecule has 1 aliphatic rings. The Kier molecular flexibility index (Phi) is 5.41. The van der Waals surface area contributed by atoms with Gasteiger partial charge in [-0.2, -0.15) is 0 Å². The molecule has 1 amide bonds. The molecular weight excluding hydrogens is 374 g/mol. The minimum absolute atomic E-state index is 0.161. The summed E-state index contributed by atoms with van der Waals surface area (Å²) in [6.07, 6.45) is 1.86. The number of nitrogens with zero attached hydrogens (tertiary/aromatic N) is 2. The Morgan fingerprint density at radius 3 is 2.85 bits per heavy atom. The highest BCUT2D eigenvalue weighted by Crippen LogP contribution is 2.27. The van der Waals surface area contributed by atoms with E-state index < -0.39 is 29.7 Å². The van der Waals surface area contributed by atoms with Crippen LogP contribution >= 0.6 is 11.6 Å². The van der Waals surface area contributed by atoms with Gasteiger partial charge in [0.2, 0.25) is 0 Å². The summed E-state index contributed by atoms with van der Waals surface area (Å²) in [6, 6.07) is 1.10. The first-order valence-corrected chi connectivity index (χ1v) is 9.01. The number of pyridine rings is 1. The molecule has 0 aromatic carbocycles. The molecule has 146 valence electrons. The molecule has 8 nitrogen and oxygen atoms in total. The summed E-state index contributed by atoms with van der Waals surface area (Å²) in [5.41, 5.74) is 0.0485. The smallest absolute Gasteiger partial charge is 0.419 e. The molecule has 9 heteroatoms. The zero-order valence-corrected chi connectivity index (χ0v) is 16.1. The SMILES string of the molecule is CC(C)(C)OC(=O)n1cc(C(=O)N[C@H]2CCOC[C@@H]2O)c2nccc(Cl)c21. The van der Waals surface area contributed by atoms with E-state index in [1.54, 1.807) is 20.8 Å². The van der Waals surface area contributed by atoms with Crippen LogP contribution in [0.1, 0.15) is 37.6 Å². The first kappa shape index (κ1) is 19.6. The third kappa shape index (κ3) is 4.23. The maximum atomic E-state index is 12.8. The van der Waals surface area contributed by atoms with E-state index in [1.807, 2.05) is 0 Å². The normalized spacial score (nSPS) is 20.5. The monoisotopic (exact) mass is 395 g/mol. The molecule has 0 saturated carbocycles. The van der Waals surface area contributed by atoms with E-state index in [-0.39, 0.29) is 22.7 Å². The van der Waals surface area contributed by atoms with Crippen molar-refractivity contribution in [2.75, 3.05) is 13.2 Å². The molecule has 3 heterocycles. The molecule has 0 aliphatic carbocycles. The van der Waals surface area contributed by atoms with E-state index in [2.05, 4.69) is 10.3 Å². The Morgan fingerprint density at radius 1 is 1.44 bits per heavy atom. The molecule has 0 spiro atoms. The number of hydrogen-bond donors (Lipinski definition) is 2. The fourth-order valence-electron chi connectivity index (χ4n) is 2.87. The first-order chi connectivity index (χ1) is 12.7. The van der Waals surface area contributed by atoms with Gasteiger partial charge in [0.1, 0.15) is 11.1 Å². The van der Waals surface area contributed by atoms with Crippen LogP contribution in [0, 0.1) is 0 Å². The lowest BCUT2D eigenvalue weighted by molar-refractivity contribution is -0.0260. The second-order valence-corrected chi connectivity index (χ2v) is 7.80. The van der Waals surface area contributed by atoms with Crippen LogP contribution in [-0.4, -0.2) is 57.6 Å². The van der Waals surface area contributed by atoms with Gasteiger partial charge in [-0.15, -0.1) is 0 Å². The maximum absolute atomic E-state index is 12.8. The summed E-state index contributed by atoms with van der Waals surface area (Å²) in [5, 5.41) is 13.0. The number of ether oxygens (including phenoxy) is 2. The minimum atomic E-state index is -0.793. The van der Waals surface area contributed by atoms with Gasteiger partial charge in [0, 0.05) is 19.0 Å². The number of carbonyl (C=O) groups excluding carboxylic acids is 2. The van der Waals surface area contributed by atoms with Crippen molar-refractivity contribution in [3.05, 3.63) is 29.0 Å². The Hall–Kier alpha value is -2.16. The van der Waals surface area contributed by atoms with Gasteiger partial charge < -0.3 is 19.9 Å². The standard InChI is InChI=1S/C18H22ClN3O5/c1-18(2,3)27-17(25)22-8-10(14-15(22)11(19)4-6-20-14)16(24)21-12-5-7-26-9-13(12)23/h4,6,8,12-13,23H,5,7,9H2,1-3H3,(H,21,24)/t12-,13-/m0/s1. The summed E-state index contributed by atoms with van der Waals surface area (Å²) in [6.45, 7) is 5.85. The highest BCUT2D eigenvalue weighted by atomic mass is 35.5. The second-order valence-electron chi connectivity index (χ2n) is 7.39. The molecule has 0 unspecified atom stereocenters. The third-order valence-corrected chi connectivity index (χ3v) is 4.41. The number of nitrogens with one attached hydrogen (secondary N) is 1. The predicted octanol–water partition coefficient (Wildman–Crippen LogP) is 2.35. The number of carbonyl (C=O) groups is 2. The van der Waals surface area contributed by atoms with Gasteiger partial charge in [-0.05, 0) is 33.3 Å². The molecular formula is C18H22ClN3O5. The molecule has 0 radical (unpaired) electrons. The van der Waals surface area contributed by atoms with E-state index in [9.17, 15) is 14.7 Å². The zero-order chi connectivity index (χ0) is 19.8. The number of aliphatic hydroxyl groups excluding tert-OH is 1. The van der Waals surface area contributed by atoms with E-state index in [0.717, 1.165) is 0 Å². The van der Waals surface area contributed by atoms with Gasteiger partial charge in [0.25, 0.3) is 5.91 Å². The van der Waals surface area contributed by atoms with E-state index in [1.165, 1.54) is 23.0 Å². The number of halogens is 1. The quantitative estimate of drug-likeness (QED) is 0.809. The van der Waals surface area contributed by atoms with Crippen molar-refractivity contribution in [2.24, 2.45) is 0 Å². The van der Waals surface area contributed by atoms with Gasteiger partial charge in [0.05, 0.1) is 34.9 Å². The topological polar surface area (TPSA) is 103 Å². The van der Waals surface area contributed by atoms with Crippen LogP contribution in [0.25, 0.3) is 11.0 Å². The Balaban J connectivity index is 1.97. The molecule has 2 N–H and O–H groups in total. The minimum Gasteiger partial charge on any atom is -0.443 e. The van der Waals surface area contributed by atoms with E-state index in [4.69, 9.17) is 21.1 Å². The second kappa shape index (κ2) is 7.46.